The van der Waals surface area contributed by atoms with Gasteiger partial charge in [0.15, 0.2) is 0 Å². The molecule has 9 heteroatoms. The second kappa shape index (κ2) is 8.93. The Hall–Kier alpha value is -2.78. The number of carbonyl (C=O) groups is 2. The van der Waals surface area contributed by atoms with Gasteiger partial charge in [-0.05, 0) is 37.3 Å². The lowest BCUT2D eigenvalue weighted by Crippen LogP contribution is -2.56. The minimum atomic E-state index is -0.315. The van der Waals surface area contributed by atoms with Crippen molar-refractivity contribution in [3.63, 3.8) is 0 Å². The van der Waals surface area contributed by atoms with Crippen molar-refractivity contribution in [1.82, 2.24) is 24.9 Å². The third-order valence-corrected chi connectivity index (χ3v) is 5.78. The minimum Gasteiger partial charge on any atom is -0.378 e. The van der Waals surface area contributed by atoms with Crippen LogP contribution in [0.15, 0.2) is 30.3 Å². The fourth-order valence-corrected chi connectivity index (χ4v) is 3.89. The van der Waals surface area contributed by atoms with Crippen LogP contribution in [0.2, 0.25) is 0 Å². The maximum Gasteiger partial charge on any atom is 0.271 e. The van der Waals surface area contributed by atoms with Crippen LogP contribution >= 0.6 is 0 Å². The number of hydrogen-bond donors (Lipinski definition) is 1. The third kappa shape index (κ3) is 4.36. The van der Waals surface area contributed by atoms with Gasteiger partial charge in [0.2, 0.25) is 5.91 Å². The number of aromatic amines is 1. The van der Waals surface area contributed by atoms with Gasteiger partial charge in [0.25, 0.3) is 5.91 Å². The molecule has 2 saturated heterocycles. The molecule has 0 aliphatic carbocycles. The molecule has 160 valence electrons. The predicted octanol–water partition coefficient (Wildman–Crippen LogP) is 1.22. The van der Waals surface area contributed by atoms with E-state index in [1.165, 1.54) is 12.1 Å². The van der Waals surface area contributed by atoms with Gasteiger partial charge >= 0.3 is 0 Å². The number of benzene rings is 1. The van der Waals surface area contributed by atoms with Gasteiger partial charge in [-0.25, -0.2) is 4.39 Å². The summed E-state index contributed by atoms with van der Waals surface area (Å²) in [5, 5.41) is 6.97. The van der Waals surface area contributed by atoms with Crippen molar-refractivity contribution in [1.29, 1.82) is 0 Å². The molecule has 1 N–H and O–H groups in total. The Bertz CT molecular complexity index is 886. The van der Waals surface area contributed by atoms with Crippen molar-refractivity contribution < 1.29 is 18.7 Å². The zero-order valence-corrected chi connectivity index (χ0v) is 17.0. The summed E-state index contributed by atoms with van der Waals surface area (Å²) >= 11 is 0. The number of piperazine rings is 1. The number of rotatable bonds is 4. The average molecular weight is 415 g/mol. The smallest absolute Gasteiger partial charge is 0.271 e. The van der Waals surface area contributed by atoms with E-state index in [-0.39, 0.29) is 23.7 Å². The number of ether oxygens (including phenoxy) is 1. The average Bonchev–Trinajstić information content (AvgIpc) is 3.29. The molecule has 0 bridgehead atoms. The Morgan fingerprint density at radius 3 is 2.37 bits per heavy atom. The summed E-state index contributed by atoms with van der Waals surface area (Å²) in [5.74, 6) is -0.317. The highest BCUT2D eigenvalue weighted by Gasteiger charge is 2.31. The molecule has 0 radical (unpaired) electrons. The zero-order chi connectivity index (χ0) is 21.1. The third-order valence-electron chi connectivity index (χ3n) is 5.78. The lowest BCUT2D eigenvalue weighted by Gasteiger charge is -2.39. The first-order valence-corrected chi connectivity index (χ1v) is 10.2. The number of H-pyrrole nitrogens is 1. The van der Waals surface area contributed by atoms with E-state index in [0.717, 1.165) is 5.56 Å². The topological polar surface area (TPSA) is 81.8 Å². The molecule has 2 fully saturated rings. The quantitative estimate of drug-likeness (QED) is 0.812. The van der Waals surface area contributed by atoms with Gasteiger partial charge < -0.3 is 14.5 Å². The highest BCUT2D eigenvalue weighted by Crippen LogP contribution is 2.19. The molecule has 2 aliphatic rings. The van der Waals surface area contributed by atoms with E-state index in [1.807, 2.05) is 11.8 Å². The summed E-state index contributed by atoms with van der Waals surface area (Å²) in [5.41, 5.74) is 1.74. The summed E-state index contributed by atoms with van der Waals surface area (Å²) in [7, 11) is 0. The molecule has 30 heavy (non-hydrogen) atoms. The van der Waals surface area contributed by atoms with Crippen LogP contribution in [0.5, 0.6) is 0 Å². The molecule has 2 aliphatic heterocycles. The normalized spacial score (nSPS) is 19.0. The van der Waals surface area contributed by atoms with Gasteiger partial charge in [-0.1, -0.05) is 0 Å². The first-order chi connectivity index (χ1) is 14.5. The number of aromatic nitrogens is 2. The Morgan fingerprint density at radius 1 is 1.03 bits per heavy atom. The van der Waals surface area contributed by atoms with Gasteiger partial charge in [-0.3, -0.25) is 19.6 Å². The fourth-order valence-electron chi connectivity index (χ4n) is 3.89. The van der Waals surface area contributed by atoms with Gasteiger partial charge in [-0.15, -0.1) is 0 Å². The van der Waals surface area contributed by atoms with Gasteiger partial charge in [0.05, 0.1) is 24.9 Å². The van der Waals surface area contributed by atoms with Crippen LogP contribution in [0.25, 0.3) is 11.3 Å². The molecule has 2 amide bonds. The Morgan fingerprint density at radius 2 is 1.70 bits per heavy atom. The van der Waals surface area contributed by atoms with E-state index in [0.29, 0.717) is 63.9 Å². The van der Waals surface area contributed by atoms with E-state index >= 15 is 0 Å². The Kier molecular flexibility index (Phi) is 6.10. The number of morpholine rings is 1. The maximum atomic E-state index is 13.1. The highest BCUT2D eigenvalue weighted by atomic mass is 19.1. The summed E-state index contributed by atoms with van der Waals surface area (Å²) < 4.78 is 18.4. The second-order valence-corrected chi connectivity index (χ2v) is 7.62. The van der Waals surface area contributed by atoms with Crippen LogP contribution in [0.1, 0.15) is 17.4 Å². The summed E-state index contributed by atoms with van der Waals surface area (Å²) in [4.78, 5) is 31.3. The molecule has 2 aromatic rings. The minimum absolute atomic E-state index is 0.121. The molecular formula is C21H26FN5O3. The number of halogens is 1. The summed E-state index contributed by atoms with van der Waals surface area (Å²) in [6, 6.07) is 7.47. The molecule has 1 atom stereocenters. The first kappa shape index (κ1) is 20.5. The lowest BCUT2D eigenvalue weighted by atomic mass is 10.1. The fraction of sp³-hybridized carbons (Fsp3) is 0.476. The molecule has 0 spiro atoms. The molecule has 1 aromatic carbocycles. The van der Waals surface area contributed by atoms with E-state index in [9.17, 15) is 14.0 Å². The van der Waals surface area contributed by atoms with E-state index < -0.39 is 0 Å². The number of amides is 2. The van der Waals surface area contributed by atoms with Crippen LogP contribution in [0.4, 0.5) is 4.39 Å². The van der Waals surface area contributed by atoms with Crippen LogP contribution in [0.3, 0.4) is 0 Å². The lowest BCUT2D eigenvalue weighted by molar-refractivity contribution is -0.141. The van der Waals surface area contributed by atoms with Crippen molar-refractivity contribution in [2.75, 3.05) is 52.5 Å². The molecule has 3 heterocycles. The largest absolute Gasteiger partial charge is 0.378 e. The standard InChI is InChI=1S/C21H26FN5O3/c1-15(20(28)27-10-12-30-13-11-27)25-6-8-26(9-7-25)21(29)19-14-18(23-24-19)16-2-4-17(22)5-3-16/h2-5,14-15H,6-13H2,1H3,(H,23,24). The molecule has 1 unspecified atom stereocenters. The van der Waals surface area contributed by atoms with Crippen molar-refractivity contribution >= 4 is 11.8 Å². The van der Waals surface area contributed by atoms with E-state index in [2.05, 4.69) is 15.1 Å². The molecular weight excluding hydrogens is 389 g/mol. The van der Waals surface area contributed by atoms with Crippen LogP contribution < -0.4 is 0 Å². The molecule has 1 aromatic heterocycles. The van der Waals surface area contributed by atoms with Gasteiger partial charge in [-0.2, -0.15) is 5.10 Å². The number of nitrogens with one attached hydrogen (secondary N) is 1. The van der Waals surface area contributed by atoms with Crippen LogP contribution in [0, 0.1) is 5.82 Å². The Labute approximate surface area is 174 Å². The monoisotopic (exact) mass is 415 g/mol. The molecule has 4 rings (SSSR count). The van der Waals surface area contributed by atoms with Crippen LogP contribution in [-0.2, 0) is 9.53 Å². The van der Waals surface area contributed by atoms with E-state index in [1.54, 1.807) is 23.1 Å². The predicted molar refractivity (Wildman–Crippen MR) is 108 cm³/mol. The molecule has 8 nitrogen and oxygen atoms in total. The second-order valence-electron chi connectivity index (χ2n) is 7.62. The number of carbonyl (C=O) groups excluding carboxylic acids is 2. The van der Waals surface area contributed by atoms with E-state index in [4.69, 9.17) is 4.74 Å². The van der Waals surface area contributed by atoms with Crippen molar-refractivity contribution in [3.05, 3.63) is 41.8 Å². The Balaban J connectivity index is 1.33. The number of nitrogens with zero attached hydrogens (tertiary/aromatic N) is 4. The first-order valence-electron chi connectivity index (χ1n) is 10.2. The van der Waals surface area contributed by atoms with Crippen molar-refractivity contribution in [2.24, 2.45) is 0 Å². The van der Waals surface area contributed by atoms with Crippen molar-refractivity contribution in [3.8, 4) is 11.3 Å². The van der Waals surface area contributed by atoms with Crippen molar-refractivity contribution in [2.45, 2.75) is 13.0 Å². The number of hydrogen-bond acceptors (Lipinski definition) is 5. The summed E-state index contributed by atoms with van der Waals surface area (Å²) in [6.45, 7) is 6.75. The van der Waals surface area contributed by atoms with Gasteiger partial charge in [0.1, 0.15) is 11.5 Å². The molecule has 0 saturated carbocycles. The summed E-state index contributed by atoms with van der Waals surface area (Å²) in [6.07, 6.45) is 0. The maximum absolute atomic E-state index is 13.1. The van der Waals surface area contributed by atoms with Gasteiger partial charge in [0, 0.05) is 44.8 Å². The highest BCUT2D eigenvalue weighted by molar-refractivity contribution is 5.93. The van der Waals surface area contributed by atoms with Crippen LogP contribution in [-0.4, -0.2) is 95.2 Å². The SMILES string of the molecule is CC(C(=O)N1CCOCC1)N1CCN(C(=O)c2cc(-c3ccc(F)cc3)n[nH]2)CC1. The zero-order valence-electron chi connectivity index (χ0n) is 17.0.